The fraction of sp³-hybridized carbons (Fsp3) is 0.550. The summed E-state index contributed by atoms with van der Waals surface area (Å²) in [5.41, 5.74) is 1.85. The molecule has 2 heterocycles. The molecular formula is C20H26N2O6. The number of rotatable bonds is 8. The minimum absolute atomic E-state index is 0.0200. The number of carboxylic acids is 1. The van der Waals surface area contributed by atoms with Gasteiger partial charge in [-0.25, -0.2) is 4.79 Å². The first-order valence-electron chi connectivity index (χ1n) is 9.68. The number of carboxylic acid groups (broad SMARTS) is 1. The van der Waals surface area contributed by atoms with Crippen LogP contribution in [0.15, 0.2) is 18.2 Å². The zero-order chi connectivity index (χ0) is 19.9. The predicted octanol–water partition coefficient (Wildman–Crippen LogP) is 1.73. The normalized spacial score (nSPS) is 19.9. The van der Waals surface area contributed by atoms with Gasteiger partial charge in [0.15, 0.2) is 0 Å². The molecule has 152 valence electrons. The van der Waals surface area contributed by atoms with Crippen LogP contribution in [0.5, 0.6) is 5.75 Å². The van der Waals surface area contributed by atoms with Crippen molar-refractivity contribution in [2.75, 3.05) is 25.1 Å². The molecule has 2 amide bonds. The Morgan fingerprint density at radius 3 is 2.96 bits per heavy atom. The summed E-state index contributed by atoms with van der Waals surface area (Å²) in [4.78, 5) is 35.0. The Kier molecular flexibility index (Phi) is 6.86. The molecule has 0 saturated carbocycles. The van der Waals surface area contributed by atoms with Crippen molar-refractivity contribution in [1.82, 2.24) is 5.32 Å². The summed E-state index contributed by atoms with van der Waals surface area (Å²) >= 11 is 0. The minimum Gasteiger partial charge on any atom is -0.494 e. The number of carbonyl (C=O) groups is 3. The molecule has 1 aromatic carbocycles. The Hall–Kier alpha value is -2.61. The van der Waals surface area contributed by atoms with Crippen molar-refractivity contribution in [3.8, 4) is 5.75 Å². The van der Waals surface area contributed by atoms with E-state index >= 15 is 0 Å². The number of anilines is 1. The minimum atomic E-state index is -1.03. The first kappa shape index (κ1) is 20.1. The van der Waals surface area contributed by atoms with Crippen molar-refractivity contribution >= 4 is 23.5 Å². The molecule has 3 N–H and O–H groups in total. The molecule has 8 nitrogen and oxygen atoms in total. The highest BCUT2D eigenvalue weighted by molar-refractivity contribution is 5.94. The second kappa shape index (κ2) is 9.54. The summed E-state index contributed by atoms with van der Waals surface area (Å²) in [5, 5.41) is 14.8. The van der Waals surface area contributed by atoms with Crippen LogP contribution in [0.1, 0.15) is 37.7 Å². The van der Waals surface area contributed by atoms with Crippen LogP contribution in [-0.4, -0.2) is 48.8 Å². The lowest BCUT2D eigenvalue weighted by molar-refractivity contribution is -0.145. The van der Waals surface area contributed by atoms with Crippen LogP contribution in [0, 0.1) is 5.92 Å². The second-order valence-corrected chi connectivity index (χ2v) is 7.18. The average Bonchev–Trinajstić information content (AvgIpc) is 2.70. The molecule has 2 unspecified atom stereocenters. The number of aliphatic carboxylic acids is 1. The number of hydrogen-bond donors (Lipinski definition) is 3. The van der Waals surface area contributed by atoms with E-state index in [0.717, 1.165) is 24.1 Å². The van der Waals surface area contributed by atoms with E-state index in [1.807, 2.05) is 12.1 Å². The van der Waals surface area contributed by atoms with Crippen LogP contribution in [0.3, 0.4) is 0 Å². The molecule has 2 aliphatic rings. The Bertz CT molecular complexity index is 729. The summed E-state index contributed by atoms with van der Waals surface area (Å²) in [6, 6.07) is 4.59. The van der Waals surface area contributed by atoms with Gasteiger partial charge in [0.25, 0.3) is 0 Å². The maximum atomic E-state index is 12.1. The van der Waals surface area contributed by atoms with E-state index in [1.54, 1.807) is 6.07 Å². The van der Waals surface area contributed by atoms with Crippen LogP contribution in [0.2, 0.25) is 0 Å². The number of hydrogen-bond acceptors (Lipinski definition) is 5. The molecule has 2 atom stereocenters. The molecule has 0 aliphatic carbocycles. The van der Waals surface area contributed by atoms with Crippen molar-refractivity contribution in [3.05, 3.63) is 23.8 Å². The van der Waals surface area contributed by atoms with Crippen molar-refractivity contribution < 1.29 is 29.0 Å². The van der Waals surface area contributed by atoms with E-state index in [-0.39, 0.29) is 24.2 Å². The molecule has 1 saturated heterocycles. The van der Waals surface area contributed by atoms with E-state index in [2.05, 4.69) is 10.6 Å². The summed E-state index contributed by atoms with van der Waals surface area (Å²) in [7, 11) is 0. The van der Waals surface area contributed by atoms with Crippen LogP contribution >= 0.6 is 0 Å². The highest BCUT2D eigenvalue weighted by Gasteiger charge is 2.31. The third-order valence-electron chi connectivity index (χ3n) is 5.04. The number of benzene rings is 1. The van der Waals surface area contributed by atoms with E-state index in [0.29, 0.717) is 44.8 Å². The zero-order valence-electron chi connectivity index (χ0n) is 15.7. The van der Waals surface area contributed by atoms with Gasteiger partial charge in [-0.2, -0.15) is 0 Å². The molecule has 0 spiro atoms. The lowest BCUT2D eigenvalue weighted by Gasteiger charge is -2.28. The molecule has 3 rings (SSSR count). The quantitative estimate of drug-likeness (QED) is 0.583. The van der Waals surface area contributed by atoms with Gasteiger partial charge in [-0.3, -0.25) is 9.59 Å². The van der Waals surface area contributed by atoms with Gasteiger partial charge < -0.3 is 25.2 Å². The zero-order valence-corrected chi connectivity index (χ0v) is 15.7. The Labute approximate surface area is 163 Å². The van der Waals surface area contributed by atoms with Crippen LogP contribution in [-0.2, 0) is 25.5 Å². The van der Waals surface area contributed by atoms with Gasteiger partial charge in [0.2, 0.25) is 11.8 Å². The predicted molar refractivity (Wildman–Crippen MR) is 101 cm³/mol. The van der Waals surface area contributed by atoms with E-state index in [9.17, 15) is 19.5 Å². The van der Waals surface area contributed by atoms with E-state index in [1.165, 1.54) is 0 Å². The Balaban J connectivity index is 1.41. The molecule has 1 fully saturated rings. The largest absolute Gasteiger partial charge is 0.494 e. The first-order valence-corrected chi connectivity index (χ1v) is 9.68. The van der Waals surface area contributed by atoms with Gasteiger partial charge in [0.1, 0.15) is 11.8 Å². The van der Waals surface area contributed by atoms with Crippen LogP contribution in [0.25, 0.3) is 0 Å². The maximum absolute atomic E-state index is 12.1. The molecular weight excluding hydrogens is 364 g/mol. The summed E-state index contributed by atoms with van der Waals surface area (Å²) in [6.45, 7) is 1.35. The average molecular weight is 390 g/mol. The molecule has 28 heavy (non-hydrogen) atoms. The molecule has 8 heteroatoms. The monoisotopic (exact) mass is 390 g/mol. The van der Waals surface area contributed by atoms with Crippen molar-refractivity contribution in [3.63, 3.8) is 0 Å². The molecule has 1 aromatic rings. The number of ether oxygens (including phenoxy) is 2. The smallest absolute Gasteiger partial charge is 0.326 e. The Morgan fingerprint density at radius 1 is 1.36 bits per heavy atom. The van der Waals surface area contributed by atoms with E-state index < -0.39 is 12.0 Å². The van der Waals surface area contributed by atoms with Gasteiger partial charge in [-0.1, -0.05) is 0 Å². The molecule has 0 aromatic heterocycles. The number of nitrogens with one attached hydrogen (secondary N) is 2. The van der Waals surface area contributed by atoms with Gasteiger partial charge >= 0.3 is 5.97 Å². The van der Waals surface area contributed by atoms with Gasteiger partial charge in [0, 0.05) is 31.1 Å². The summed E-state index contributed by atoms with van der Waals surface area (Å²) in [5.74, 6) is -0.803. The topological polar surface area (TPSA) is 114 Å². The highest BCUT2D eigenvalue weighted by atomic mass is 16.5. The lowest BCUT2D eigenvalue weighted by atomic mass is 9.93. The van der Waals surface area contributed by atoms with Gasteiger partial charge in [-0.05, 0) is 49.4 Å². The van der Waals surface area contributed by atoms with Crippen LogP contribution in [0.4, 0.5) is 5.69 Å². The fourth-order valence-electron chi connectivity index (χ4n) is 3.53. The summed E-state index contributed by atoms with van der Waals surface area (Å²) < 4.78 is 11.0. The van der Waals surface area contributed by atoms with Gasteiger partial charge in [-0.15, -0.1) is 0 Å². The van der Waals surface area contributed by atoms with Crippen LogP contribution < -0.4 is 15.4 Å². The fourth-order valence-corrected chi connectivity index (χ4v) is 3.53. The highest BCUT2D eigenvalue weighted by Crippen LogP contribution is 2.27. The Morgan fingerprint density at radius 2 is 2.21 bits per heavy atom. The van der Waals surface area contributed by atoms with Gasteiger partial charge in [0.05, 0.1) is 13.2 Å². The molecule has 0 bridgehead atoms. The number of carbonyl (C=O) groups excluding carboxylic acids is 2. The second-order valence-electron chi connectivity index (χ2n) is 7.18. The SMILES string of the molecule is O=C1CCc2cc(OCCCC(=O)NC(C(=O)O)C3CCCOC3)ccc2N1. The van der Waals surface area contributed by atoms with E-state index in [4.69, 9.17) is 9.47 Å². The first-order chi connectivity index (χ1) is 13.5. The third-order valence-corrected chi connectivity index (χ3v) is 5.04. The van der Waals surface area contributed by atoms with Crippen molar-refractivity contribution in [1.29, 1.82) is 0 Å². The number of aryl methyl sites for hydroxylation is 1. The molecule has 2 aliphatic heterocycles. The maximum Gasteiger partial charge on any atom is 0.326 e. The standard InChI is InChI=1S/C20H26N2O6/c23-17(22-19(20(25)26)14-3-1-9-27-12-14)4-2-10-28-15-6-7-16-13(11-15)5-8-18(24)21-16/h6-7,11,14,19H,1-5,8-10,12H2,(H,21,24)(H,22,23)(H,25,26). The summed E-state index contributed by atoms with van der Waals surface area (Å²) in [6.07, 6.45) is 3.36. The number of amides is 2. The lowest BCUT2D eigenvalue weighted by Crippen LogP contribution is -2.48. The van der Waals surface area contributed by atoms with Crippen molar-refractivity contribution in [2.24, 2.45) is 5.92 Å². The number of fused-ring (bicyclic) bond motifs is 1. The van der Waals surface area contributed by atoms with Crippen molar-refractivity contribution in [2.45, 2.75) is 44.6 Å². The third kappa shape index (κ3) is 5.45. The molecule has 0 radical (unpaired) electrons.